The lowest BCUT2D eigenvalue weighted by molar-refractivity contribution is -0.138. The molecule has 0 saturated heterocycles. The molecule has 1 atom stereocenters. The second-order valence-electron chi connectivity index (χ2n) is 9.78. The van der Waals surface area contributed by atoms with Crippen LogP contribution in [0.3, 0.4) is 0 Å². The Labute approximate surface area is 206 Å². The standard InChI is InChI=1S/C29H30N2O3S/c1-35(2,34)25-15-16-26-27(18-25)31-29(30-26)24-13-11-23(12-14-24)22-9-7-21(8-10-22)20-5-3-19(4-6-20)17-28(32)33/h7-16,18-20H,1,3-6,17H2,2H3,(H,30,31)(H,32,33). The van der Waals surface area contributed by atoms with Gasteiger partial charge in [0.05, 0.1) is 11.0 Å². The summed E-state index contributed by atoms with van der Waals surface area (Å²) in [5.41, 5.74) is 6.34. The molecule has 180 valence electrons. The number of aliphatic carboxylic acids is 1. The van der Waals surface area contributed by atoms with Crippen molar-refractivity contribution in [1.29, 1.82) is 0 Å². The van der Waals surface area contributed by atoms with E-state index in [1.807, 2.05) is 18.2 Å². The predicted octanol–water partition coefficient (Wildman–Crippen LogP) is 6.35. The molecule has 1 aliphatic rings. The smallest absolute Gasteiger partial charge is 0.303 e. The van der Waals surface area contributed by atoms with Gasteiger partial charge in [-0.3, -0.25) is 9.00 Å². The van der Waals surface area contributed by atoms with E-state index >= 15 is 0 Å². The maximum absolute atomic E-state index is 12.3. The number of carboxylic acid groups (broad SMARTS) is 1. The normalized spacial score (nSPS) is 19.9. The Balaban J connectivity index is 1.29. The van der Waals surface area contributed by atoms with Crippen molar-refractivity contribution >= 4 is 32.4 Å². The predicted molar refractivity (Wildman–Crippen MR) is 143 cm³/mol. The fraction of sp³-hybridized carbons (Fsp3) is 0.276. The van der Waals surface area contributed by atoms with Crippen LogP contribution in [-0.2, 0) is 14.3 Å². The van der Waals surface area contributed by atoms with Crippen LogP contribution in [0.4, 0.5) is 0 Å². The molecule has 1 saturated carbocycles. The van der Waals surface area contributed by atoms with Crippen LogP contribution in [-0.4, -0.2) is 37.4 Å². The number of carbonyl (C=O) groups is 1. The van der Waals surface area contributed by atoms with Crippen LogP contribution < -0.4 is 0 Å². The van der Waals surface area contributed by atoms with Gasteiger partial charge < -0.3 is 10.1 Å². The number of nitrogens with one attached hydrogen (secondary N) is 1. The Morgan fingerprint density at radius 2 is 1.57 bits per heavy atom. The van der Waals surface area contributed by atoms with Crippen molar-refractivity contribution in [3.63, 3.8) is 0 Å². The van der Waals surface area contributed by atoms with Gasteiger partial charge in [0, 0.05) is 23.1 Å². The maximum Gasteiger partial charge on any atom is 0.303 e. The van der Waals surface area contributed by atoms with Crippen molar-refractivity contribution in [2.75, 3.05) is 6.26 Å². The Morgan fingerprint density at radius 3 is 2.17 bits per heavy atom. The van der Waals surface area contributed by atoms with Gasteiger partial charge in [-0.2, -0.15) is 0 Å². The fourth-order valence-electron chi connectivity index (χ4n) is 5.11. The molecule has 0 bridgehead atoms. The lowest BCUT2D eigenvalue weighted by Crippen LogP contribution is -2.16. The summed E-state index contributed by atoms with van der Waals surface area (Å²) in [7, 11) is -2.27. The molecule has 0 amide bonds. The summed E-state index contributed by atoms with van der Waals surface area (Å²) in [4.78, 5) is 19.7. The Kier molecular flexibility index (Phi) is 6.24. The molecule has 35 heavy (non-hydrogen) atoms. The van der Waals surface area contributed by atoms with Gasteiger partial charge in [0.25, 0.3) is 0 Å². The Bertz CT molecular complexity index is 1460. The van der Waals surface area contributed by atoms with E-state index in [1.165, 1.54) is 11.1 Å². The molecule has 0 aliphatic heterocycles. The van der Waals surface area contributed by atoms with Gasteiger partial charge in [-0.25, -0.2) is 4.98 Å². The van der Waals surface area contributed by atoms with E-state index in [9.17, 15) is 9.00 Å². The maximum atomic E-state index is 12.3. The van der Waals surface area contributed by atoms with Gasteiger partial charge in [0.15, 0.2) is 0 Å². The van der Waals surface area contributed by atoms with Gasteiger partial charge in [-0.1, -0.05) is 48.5 Å². The first kappa shape index (κ1) is 23.4. The van der Waals surface area contributed by atoms with Crippen LogP contribution in [0.15, 0.2) is 71.6 Å². The van der Waals surface area contributed by atoms with E-state index in [0.29, 0.717) is 23.2 Å². The van der Waals surface area contributed by atoms with Gasteiger partial charge in [0.1, 0.15) is 5.82 Å². The highest BCUT2D eigenvalue weighted by molar-refractivity contribution is 7.99. The van der Waals surface area contributed by atoms with E-state index in [2.05, 4.69) is 59.4 Å². The van der Waals surface area contributed by atoms with E-state index in [0.717, 1.165) is 53.7 Å². The van der Waals surface area contributed by atoms with Crippen molar-refractivity contribution in [2.45, 2.75) is 42.9 Å². The molecule has 5 nitrogen and oxygen atoms in total. The number of imidazole rings is 1. The second-order valence-corrected chi connectivity index (χ2v) is 12.3. The minimum absolute atomic E-state index is 0.299. The fourth-order valence-corrected chi connectivity index (χ4v) is 5.83. The zero-order chi connectivity index (χ0) is 24.6. The van der Waals surface area contributed by atoms with Crippen molar-refractivity contribution in [3.05, 3.63) is 72.3 Å². The molecule has 1 aromatic heterocycles. The molecule has 0 spiro atoms. The highest BCUT2D eigenvalue weighted by Crippen LogP contribution is 2.37. The van der Waals surface area contributed by atoms with Crippen LogP contribution in [0.1, 0.15) is 43.6 Å². The molecule has 4 aromatic rings. The SMILES string of the molecule is C=S(C)(=O)c1ccc2nc(-c3ccc(-c4ccc(C5CCC(CC(=O)O)CC5)cc4)cc3)[nH]c2c1. The van der Waals surface area contributed by atoms with Crippen LogP contribution in [0.25, 0.3) is 33.5 Å². The molecule has 1 fully saturated rings. The first-order chi connectivity index (χ1) is 16.8. The lowest BCUT2D eigenvalue weighted by atomic mass is 9.77. The third-order valence-corrected chi connectivity index (χ3v) is 8.39. The van der Waals surface area contributed by atoms with Crippen LogP contribution in [0.2, 0.25) is 0 Å². The molecule has 2 N–H and O–H groups in total. The van der Waals surface area contributed by atoms with Crippen molar-refractivity contribution in [2.24, 2.45) is 5.92 Å². The highest BCUT2D eigenvalue weighted by atomic mass is 32.2. The molecule has 1 aliphatic carbocycles. The number of nitrogens with zero attached hydrogens (tertiary/aromatic N) is 1. The zero-order valence-electron chi connectivity index (χ0n) is 19.9. The lowest BCUT2D eigenvalue weighted by Gasteiger charge is -2.28. The average molecular weight is 487 g/mol. The summed E-state index contributed by atoms with van der Waals surface area (Å²) in [5.74, 6) is 4.72. The Hall–Kier alpha value is -3.38. The van der Waals surface area contributed by atoms with Crippen molar-refractivity contribution in [3.8, 4) is 22.5 Å². The van der Waals surface area contributed by atoms with Gasteiger partial charge >= 0.3 is 5.97 Å². The molecular formula is C29H30N2O3S. The largest absolute Gasteiger partial charge is 0.481 e. The monoisotopic (exact) mass is 486 g/mol. The number of rotatable bonds is 6. The molecule has 1 unspecified atom stereocenters. The number of hydrogen-bond acceptors (Lipinski definition) is 3. The summed E-state index contributed by atoms with van der Waals surface area (Å²) >= 11 is 0. The average Bonchev–Trinajstić information content (AvgIpc) is 3.28. The molecule has 5 rings (SSSR count). The van der Waals surface area contributed by atoms with Crippen LogP contribution in [0, 0.1) is 5.92 Å². The molecule has 3 aromatic carbocycles. The number of benzene rings is 3. The number of hydrogen-bond donors (Lipinski definition) is 2. The minimum atomic E-state index is -2.27. The number of aromatic nitrogens is 2. The van der Waals surface area contributed by atoms with E-state index in [4.69, 9.17) is 10.1 Å². The van der Waals surface area contributed by atoms with Gasteiger partial charge in [-0.05, 0) is 87.8 Å². The highest BCUT2D eigenvalue weighted by Gasteiger charge is 2.24. The van der Waals surface area contributed by atoms with Crippen molar-refractivity contribution < 1.29 is 14.1 Å². The van der Waals surface area contributed by atoms with Crippen LogP contribution >= 0.6 is 0 Å². The minimum Gasteiger partial charge on any atom is -0.481 e. The van der Waals surface area contributed by atoms with Gasteiger partial charge in [-0.15, -0.1) is 0 Å². The second kappa shape index (κ2) is 9.34. The van der Waals surface area contributed by atoms with Crippen LogP contribution in [0.5, 0.6) is 0 Å². The Morgan fingerprint density at radius 1 is 0.971 bits per heavy atom. The van der Waals surface area contributed by atoms with Gasteiger partial charge in [0.2, 0.25) is 0 Å². The quantitative estimate of drug-likeness (QED) is 0.311. The molecular weight excluding hydrogens is 456 g/mol. The summed E-state index contributed by atoms with van der Waals surface area (Å²) in [6.45, 7) is 0. The molecule has 0 radical (unpaired) electrons. The summed E-state index contributed by atoms with van der Waals surface area (Å²) in [5, 5.41) is 9.02. The van der Waals surface area contributed by atoms with E-state index < -0.39 is 15.5 Å². The number of carboxylic acids is 1. The summed E-state index contributed by atoms with van der Waals surface area (Å²) in [6, 6.07) is 22.7. The molecule has 1 heterocycles. The zero-order valence-corrected chi connectivity index (χ0v) is 20.7. The third-order valence-electron chi connectivity index (χ3n) is 7.14. The summed E-state index contributed by atoms with van der Waals surface area (Å²) < 4.78 is 12.3. The number of H-pyrrole nitrogens is 1. The van der Waals surface area contributed by atoms with E-state index in [1.54, 1.807) is 6.26 Å². The number of aromatic amines is 1. The number of fused-ring (bicyclic) bond motifs is 1. The first-order valence-corrected chi connectivity index (χ1v) is 14.1. The molecule has 6 heteroatoms. The first-order valence-electron chi connectivity index (χ1n) is 12.0. The summed E-state index contributed by atoms with van der Waals surface area (Å²) in [6.07, 6.45) is 6.06. The van der Waals surface area contributed by atoms with Crippen molar-refractivity contribution in [1.82, 2.24) is 9.97 Å². The van der Waals surface area contributed by atoms with E-state index in [-0.39, 0.29) is 0 Å². The topological polar surface area (TPSA) is 83.1 Å². The third kappa shape index (κ3) is 5.17.